The summed E-state index contributed by atoms with van der Waals surface area (Å²) < 4.78 is 3.65. The van der Waals surface area contributed by atoms with Crippen LogP contribution in [0.3, 0.4) is 0 Å². The summed E-state index contributed by atoms with van der Waals surface area (Å²) in [6, 6.07) is 14.9. The summed E-state index contributed by atoms with van der Waals surface area (Å²) in [6.07, 6.45) is 5.89. The summed E-state index contributed by atoms with van der Waals surface area (Å²) in [7, 11) is 0. The Morgan fingerprint density at radius 2 is 1.98 bits per heavy atom. The zero-order chi connectivity index (χ0) is 28.3. The molecule has 8 nitrogen and oxygen atoms in total. The van der Waals surface area contributed by atoms with E-state index in [-0.39, 0.29) is 18.1 Å². The van der Waals surface area contributed by atoms with Gasteiger partial charge in [0.25, 0.3) is 11.5 Å². The highest BCUT2D eigenvalue weighted by molar-refractivity contribution is 7.16. The lowest BCUT2D eigenvalue weighted by Crippen LogP contribution is -2.34. The van der Waals surface area contributed by atoms with Crippen molar-refractivity contribution in [3.63, 3.8) is 0 Å². The number of thiophene rings is 2. The lowest BCUT2D eigenvalue weighted by Gasteiger charge is -2.20. The lowest BCUT2D eigenvalue weighted by molar-refractivity contribution is 0.0616. The smallest absolute Gasteiger partial charge is 0.256 e. The summed E-state index contributed by atoms with van der Waals surface area (Å²) in [5.74, 6) is 0.112. The number of pyridine rings is 2. The molecule has 0 aromatic carbocycles. The number of hydrogen-bond donors (Lipinski definition) is 2. The van der Waals surface area contributed by atoms with Crippen LogP contribution in [0.1, 0.15) is 28.4 Å². The second-order valence-corrected chi connectivity index (χ2v) is 12.8. The monoisotopic (exact) mass is 593 g/mol. The van der Waals surface area contributed by atoms with Gasteiger partial charge in [-0.3, -0.25) is 14.6 Å². The molecule has 0 aliphatic rings. The van der Waals surface area contributed by atoms with E-state index < -0.39 is 5.41 Å². The number of carbonyl (C=O) groups excluding carboxylic acids is 1. The number of rotatable bonds is 10. The number of hydrogen-bond acceptors (Lipinski definition) is 8. The Kier molecular flexibility index (Phi) is 8.32. The molecule has 11 heteroatoms. The Morgan fingerprint density at radius 3 is 2.65 bits per heavy atom. The van der Waals surface area contributed by atoms with Crippen LogP contribution in [0.5, 0.6) is 0 Å². The van der Waals surface area contributed by atoms with Gasteiger partial charge in [0.05, 0.1) is 28.6 Å². The number of aliphatic hydroxyl groups excluding tert-OH is 1. The minimum Gasteiger partial charge on any atom is -0.395 e. The van der Waals surface area contributed by atoms with Gasteiger partial charge in [-0.25, -0.2) is 0 Å². The highest BCUT2D eigenvalue weighted by Crippen LogP contribution is 2.33. The third-order valence-corrected chi connectivity index (χ3v) is 8.67. The third-order valence-electron chi connectivity index (χ3n) is 6.50. The number of halogens is 1. The molecule has 5 heterocycles. The molecule has 0 spiro atoms. The van der Waals surface area contributed by atoms with Crippen molar-refractivity contribution >= 4 is 46.0 Å². The van der Waals surface area contributed by atoms with Crippen LogP contribution in [-0.2, 0) is 19.5 Å². The molecule has 5 rings (SSSR count). The van der Waals surface area contributed by atoms with E-state index in [1.165, 1.54) is 20.9 Å². The molecule has 2 N–H and O–H groups in total. The molecular weight excluding hydrogens is 566 g/mol. The summed E-state index contributed by atoms with van der Waals surface area (Å²) in [6.45, 7) is 3.94. The molecule has 0 atom stereocenters. The largest absolute Gasteiger partial charge is 0.395 e. The fourth-order valence-corrected chi connectivity index (χ4v) is 5.90. The molecule has 0 aliphatic carbocycles. The predicted octanol–water partition coefficient (Wildman–Crippen LogP) is 6.06. The summed E-state index contributed by atoms with van der Waals surface area (Å²) in [5, 5.41) is 20.0. The van der Waals surface area contributed by atoms with Crippen molar-refractivity contribution in [1.29, 1.82) is 0 Å². The van der Waals surface area contributed by atoms with Crippen LogP contribution in [0.25, 0.3) is 22.4 Å². The zero-order valence-corrected chi connectivity index (χ0v) is 24.4. The Hall–Kier alpha value is -3.57. The molecule has 0 fully saturated rings. The van der Waals surface area contributed by atoms with Gasteiger partial charge in [-0.1, -0.05) is 23.7 Å². The van der Waals surface area contributed by atoms with Gasteiger partial charge in [0.1, 0.15) is 5.82 Å². The maximum atomic E-state index is 13.5. The van der Waals surface area contributed by atoms with Crippen LogP contribution in [0.2, 0.25) is 4.34 Å². The molecule has 0 bridgehead atoms. The number of anilines is 1. The summed E-state index contributed by atoms with van der Waals surface area (Å²) >= 11 is 9.21. The molecule has 5 aromatic heterocycles. The summed E-state index contributed by atoms with van der Waals surface area (Å²) in [4.78, 5) is 33.1. The molecule has 0 aliphatic heterocycles. The lowest BCUT2D eigenvalue weighted by atomic mass is 9.94. The molecule has 40 heavy (non-hydrogen) atoms. The first kappa shape index (κ1) is 28.0. The van der Waals surface area contributed by atoms with Gasteiger partial charge < -0.3 is 15.0 Å². The van der Waals surface area contributed by atoms with Crippen LogP contribution in [-0.4, -0.2) is 37.0 Å². The Balaban J connectivity index is 1.60. The van der Waals surface area contributed by atoms with Gasteiger partial charge in [0, 0.05) is 58.1 Å². The molecular formula is C29H28ClN5O3S2. The van der Waals surface area contributed by atoms with E-state index in [1.807, 2.05) is 35.7 Å². The second kappa shape index (κ2) is 11.9. The van der Waals surface area contributed by atoms with Gasteiger partial charge in [-0.15, -0.1) is 22.7 Å². The Bertz CT molecular complexity index is 1670. The zero-order valence-electron chi connectivity index (χ0n) is 22.0. The van der Waals surface area contributed by atoms with Crippen molar-refractivity contribution in [1.82, 2.24) is 19.3 Å². The molecule has 0 radical (unpaired) electrons. The highest BCUT2D eigenvalue weighted by Gasteiger charge is 2.31. The SMILES string of the molecule is CC(C)(CO)C(=O)n1nc(-c2cn(CCc3cccs3)c(=O)cc2-c2cccnc2)cc1NCc1ccc(Cl)s1. The molecule has 0 amide bonds. The minimum atomic E-state index is -1.06. The number of nitrogens with one attached hydrogen (secondary N) is 1. The van der Waals surface area contributed by atoms with Crippen molar-refractivity contribution in [3.05, 3.63) is 96.9 Å². The molecule has 0 saturated carbocycles. The van der Waals surface area contributed by atoms with Crippen molar-refractivity contribution < 1.29 is 9.90 Å². The number of nitrogens with zero attached hydrogens (tertiary/aromatic N) is 4. The fraction of sp³-hybridized carbons (Fsp3) is 0.241. The number of aryl methyl sites for hydroxylation is 2. The van der Waals surface area contributed by atoms with Gasteiger partial charge >= 0.3 is 0 Å². The molecule has 0 saturated heterocycles. The Labute approximate surface area is 244 Å². The van der Waals surface area contributed by atoms with Crippen LogP contribution >= 0.6 is 34.3 Å². The average molecular weight is 594 g/mol. The first-order valence-electron chi connectivity index (χ1n) is 12.7. The standard InChI is InChI=1S/C29H28ClN5O3S2/c1-29(2,18-36)28(38)35-26(32-16-21-7-8-25(30)40-21)14-24(33-35)23-17-34(11-9-20-6-4-12-39-20)27(37)13-22(23)19-5-3-10-31-15-19/h3-8,10,12-15,17,32,36H,9,11,16,18H2,1-2H3. The van der Waals surface area contributed by atoms with Crippen LogP contribution in [0.15, 0.2) is 77.3 Å². The van der Waals surface area contributed by atoms with Crippen molar-refractivity contribution in [2.45, 2.75) is 33.4 Å². The van der Waals surface area contributed by atoms with E-state index in [4.69, 9.17) is 16.7 Å². The predicted molar refractivity (Wildman–Crippen MR) is 161 cm³/mol. The van der Waals surface area contributed by atoms with Crippen LogP contribution in [0.4, 0.5) is 5.82 Å². The van der Waals surface area contributed by atoms with E-state index in [9.17, 15) is 14.7 Å². The van der Waals surface area contributed by atoms with E-state index in [2.05, 4.69) is 16.4 Å². The van der Waals surface area contributed by atoms with E-state index in [0.29, 0.717) is 40.1 Å². The van der Waals surface area contributed by atoms with Crippen molar-refractivity contribution in [2.75, 3.05) is 11.9 Å². The summed E-state index contributed by atoms with van der Waals surface area (Å²) in [5.41, 5.74) is 1.44. The fourth-order valence-electron chi connectivity index (χ4n) is 4.17. The first-order chi connectivity index (χ1) is 19.2. The molecule has 0 unspecified atom stereocenters. The van der Waals surface area contributed by atoms with Gasteiger partial charge in [0.2, 0.25) is 0 Å². The van der Waals surface area contributed by atoms with Gasteiger partial charge in [0.15, 0.2) is 0 Å². The molecule has 206 valence electrons. The second-order valence-electron chi connectivity index (χ2n) is 9.94. The average Bonchev–Trinajstić information content (AvgIpc) is 3.72. The van der Waals surface area contributed by atoms with Crippen molar-refractivity contribution in [3.8, 4) is 22.4 Å². The minimum absolute atomic E-state index is 0.135. The van der Waals surface area contributed by atoms with Crippen molar-refractivity contribution in [2.24, 2.45) is 5.41 Å². The third kappa shape index (κ3) is 6.10. The van der Waals surface area contributed by atoms with E-state index in [1.54, 1.807) is 60.5 Å². The topological polar surface area (TPSA) is 102 Å². The van der Waals surface area contributed by atoms with Crippen LogP contribution in [0, 0.1) is 5.41 Å². The van der Waals surface area contributed by atoms with Gasteiger partial charge in [-0.05, 0) is 55.5 Å². The van der Waals surface area contributed by atoms with E-state index in [0.717, 1.165) is 16.9 Å². The van der Waals surface area contributed by atoms with Gasteiger partial charge in [-0.2, -0.15) is 9.78 Å². The van der Waals surface area contributed by atoms with Crippen LogP contribution < -0.4 is 10.9 Å². The quantitative estimate of drug-likeness (QED) is 0.204. The highest BCUT2D eigenvalue weighted by atomic mass is 35.5. The Morgan fingerprint density at radius 1 is 1.12 bits per heavy atom. The normalized spacial score (nSPS) is 11.6. The first-order valence-corrected chi connectivity index (χ1v) is 14.7. The number of carbonyl (C=O) groups is 1. The number of aliphatic hydroxyl groups is 1. The maximum Gasteiger partial charge on any atom is 0.256 e. The number of aromatic nitrogens is 4. The molecule has 5 aromatic rings. The maximum absolute atomic E-state index is 13.5. The van der Waals surface area contributed by atoms with E-state index >= 15 is 0 Å².